The van der Waals surface area contributed by atoms with Crippen molar-refractivity contribution in [3.63, 3.8) is 0 Å². The number of benzene rings is 1. The van der Waals surface area contributed by atoms with Crippen molar-refractivity contribution in [3.05, 3.63) is 30.3 Å². The van der Waals surface area contributed by atoms with Crippen molar-refractivity contribution in [2.24, 2.45) is 5.92 Å². The minimum Gasteiger partial charge on any atom is -0.492 e. The molecule has 2 atom stereocenters. The van der Waals surface area contributed by atoms with Gasteiger partial charge in [0.05, 0.1) is 6.54 Å². The number of rotatable bonds is 5. The second kappa shape index (κ2) is 8.10. The molecule has 110 valence electrons. The average Bonchev–Trinajstić information content (AvgIpc) is 2.47. The molecule has 1 aliphatic carbocycles. The van der Waals surface area contributed by atoms with Crippen LogP contribution in [0.15, 0.2) is 30.3 Å². The number of hydrogen-bond acceptors (Lipinski definition) is 2. The summed E-state index contributed by atoms with van der Waals surface area (Å²) in [5, 5.41) is 7.40. The Balaban J connectivity index is 1.60. The fourth-order valence-corrected chi connectivity index (χ4v) is 2.85. The highest BCUT2D eigenvalue weighted by Gasteiger charge is 2.21. The molecule has 0 spiro atoms. The molecule has 20 heavy (non-hydrogen) atoms. The zero-order valence-electron chi connectivity index (χ0n) is 12.1. The maximum atomic E-state index is 5.62. The molecule has 3 nitrogen and oxygen atoms in total. The Morgan fingerprint density at radius 1 is 1.25 bits per heavy atom. The van der Waals surface area contributed by atoms with E-state index in [0.29, 0.717) is 18.6 Å². The summed E-state index contributed by atoms with van der Waals surface area (Å²) in [6.45, 7) is 3.64. The Hall–Kier alpha value is -1.29. The van der Waals surface area contributed by atoms with Gasteiger partial charge in [0.15, 0.2) is 5.11 Å². The molecular weight excluding hydrogens is 268 g/mol. The highest BCUT2D eigenvalue weighted by molar-refractivity contribution is 7.80. The van der Waals surface area contributed by atoms with Crippen LogP contribution in [0.1, 0.15) is 32.6 Å². The fraction of sp³-hybridized carbons (Fsp3) is 0.562. The molecule has 0 saturated heterocycles. The minimum absolute atomic E-state index is 0.527. The normalized spacial score (nSPS) is 22.1. The molecule has 0 bridgehead atoms. The fourth-order valence-electron chi connectivity index (χ4n) is 2.60. The van der Waals surface area contributed by atoms with E-state index in [0.717, 1.165) is 17.4 Å². The lowest BCUT2D eigenvalue weighted by Gasteiger charge is -2.30. The van der Waals surface area contributed by atoms with Crippen LogP contribution in [-0.2, 0) is 0 Å². The lowest BCUT2D eigenvalue weighted by atomic mass is 9.86. The first-order valence-electron chi connectivity index (χ1n) is 7.48. The van der Waals surface area contributed by atoms with Gasteiger partial charge in [-0.15, -0.1) is 0 Å². The molecule has 0 aromatic heterocycles. The Bertz CT molecular complexity index is 410. The van der Waals surface area contributed by atoms with Crippen LogP contribution in [0.2, 0.25) is 0 Å². The summed E-state index contributed by atoms with van der Waals surface area (Å²) in [6.07, 6.45) is 5.19. The van der Waals surface area contributed by atoms with Gasteiger partial charge in [0.25, 0.3) is 0 Å². The largest absolute Gasteiger partial charge is 0.492 e. The second-order valence-corrected chi connectivity index (χ2v) is 5.84. The van der Waals surface area contributed by atoms with E-state index in [1.807, 2.05) is 30.3 Å². The van der Waals surface area contributed by atoms with E-state index in [1.165, 1.54) is 25.7 Å². The van der Waals surface area contributed by atoms with Crippen molar-refractivity contribution < 1.29 is 4.74 Å². The van der Waals surface area contributed by atoms with Crippen LogP contribution in [0.3, 0.4) is 0 Å². The molecular formula is C16H24N2OS. The van der Waals surface area contributed by atoms with Crippen molar-refractivity contribution in [2.45, 2.75) is 38.6 Å². The molecule has 2 N–H and O–H groups in total. The molecule has 0 heterocycles. The van der Waals surface area contributed by atoms with Crippen LogP contribution < -0.4 is 15.4 Å². The summed E-state index contributed by atoms with van der Waals surface area (Å²) >= 11 is 5.34. The zero-order chi connectivity index (χ0) is 14.2. The van der Waals surface area contributed by atoms with Crippen molar-refractivity contribution in [1.82, 2.24) is 10.6 Å². The predicted octanol–water partition coefficient (Wildman–Crippen LogP) is 3.11. The van der Waals surface area contributed by atoms with E-state index >= 15 is 0 Å². The van der Waals surface area contributed by atoms with Crippen LogP contribution in [0, 0.1) is 5.92 Å². The van der Waals surface area contributed by atoms with Crippen LogP contribution >= 0.6 is 12.2 Å². The quantitative estimate of drug-likeness (QED) is 0.645. The summed E-state index contributed by atoms with van der Waals surface area (Å²) in [5.74, 6) is 1.61. The van der Waals surface area contributed by atoms with Gasteiger partial charge in [0, 0.05) is 6.04 Å². The Morgan fingerprint density at radius 3 is 2.75 bits per heavy atom. The van der Waals surface area contributed by atoms with Gasteiger partial charge in [-0.3, -0.25) is 0 Å². The van der Waals surface area contributed by atoms with Crippen LogP contribution in [-0.4, -0.2) is 24.3 Å². The number of thiocarbonyl (C=S) groups is 1. The monoisotopic (exact) mass is 292 g/mol. The second-order valence-electron chi connectivity index (χ2n) is 5.43. The topological polar surface area (TPSA) is 33.3 Å². The maximum Gasteiger partial charge on any atom is 0.166 e. The van der Waals surface area contributed by atoms with E-state index in [9.17, 15) is 0 Å². The molecule has 0 radical (unpaired) electrons. The standard InChI is InChI=1S/C16H24N2OS/c1-13-7-5-6-10-15(13)18-16(20)17-11-12-19-14-8-3-2-4-9-14/h2-4,8-9,13,15H,5-7,10-12H2,1H3,(H2,17,18,20)/t13-,15+/m1/s1. The van der Waals surface area contributed by atoms with Gasteiger partial charge in [-0.05, 0) is 43.1 Å². The van der Waals surface area contributed by atoms with Crippen LogP contribution in [0.25, 0.3) is 0 Å². The smallest absolute Gasteiger partial charge is 0.166 e. The highest BCUT2D eigenvalue weighted by atomic mass is 32.1. The molecule has 0 aliphatic heterocycles. The Labute approximate surface area is 127 Å². The van der Waals surface area contributed by atoms with E-state index < -0.39 is 0 Å². The van der Waals surface area contributed by atoms with E-state index in [2.05, 4.69) is 17.6 Å². The van der Waals surface area contributed by atoms with Gasteiger partial charge >= 0.3 is 0 Å². The van der Waals surface area contributed by atoms with Crippen molar-refractivity contribution in [2.75, 3.05) is 13.2 Å². The van der Waals surface area contributed by atoms with Gasteiger partial charge in [-0.2, -0.15) is 0 Å². The molecule has 1 aromatic rings. The van der Waals surface area contributed by atoms with Crippen molar-refractivity contribution in [1.29, 1.82) is 0 Å². The van der Waals surface area contributed by atoms with Gasteiger partial charge in [-0.1, -0.05) is 38.0 Å². The molecule has 1 saturated carbocycles. The predicted molar refractivity (Wildman–Crippen MR) is 87.1 cm³/mol. The van der Waals surface area contributed by atoms with Crippen molar-refractivity contribution >= 4 is 17.3 Å². The number of nitrogens with one attached hydrogen (secondary N) is 2. The first-order chi connectivity index (χ1) is 9.75. The number of hydrogen-bond donors (Lipinski definition) is 2. The molecule has 1 aromatic carbocycles. The minimum atomic E-state index is 0.527. The maximum absolute atomic E-state index is 5.62. The highest BCUT2D eigenvalue weighted by Crippen LogP contribution is 2.23. The summed E-state index contributed by atoms with van der Waals surface area (Å²) in [6, 6.07) is 10.4. The summed E-state index contributed by atoms with van der Waals surface area (Å²) in [4.78, 5) is 0. The summed E-state index contributed by atoms with van der Waals surface area (Å²) in [7, 11) is 0. The zero-order valence-corrected chi connectivity index (χ0v) is 12.9. The van der Waals surface area contributed by atoms with Gasteiger partial charge in [0.1, 0.15) is 12.4 Å². The lowest BCUT2D eigenvalue weighted by molar-refractivity contribution is 0.304. The molecule has 4 heteroatoms. The van der Waals surface area contributed by atoms with Gasteiger partial charge in [-0.25, -0.2) is 0 Å². The van der Waals surface area contributed by atoms with Crippen LogP contribution in [0.4, 0.5) is 0 Å². The first-order valence-corrected chi connectivity index (χ1v) is 7.89. The lowest BCUT2D eigenvalue weighted by Crippen LogP contribution is -2.46. The van der Waals surface area contributed by atoms with E-state index in [4.69, 9.17) is 17.0 Å². The Kier molecular flexibility index (Phi) is 6.12. The summed E-state index contributed by atoms with van der Waals surface area (Å²) < 4.78 is 5.62. The molecule has 0 amide bonds. The van der Waals surface area contributed by atoms with E-state index in [1.54, 1.807) is 0 Å². The molecule has 1 aliphatic rings. The Morgan fingerprint density at radius 2 is 2.00 bits per heavy atom. The average molecular weight is 292 g/mol. The molecule has 0 unspecified atom stereocenters. The molecule has 2 rings (SSSR count). The van der Waals surface area contributed by atoms with E-state index in [-0.39, 0.29) is 0 Å². The van der Waals surface area contributed by atoms with Crippen LogP contribution in [0.5, 0.6) is 5.75 Å². The molecule has 1 fully saturated rings. The summed E-state index contributed by atoms with van der Waals surface area (Å²) in [5.41, 5.74) is 0. The van der Waals surface area contributed by atoms with Crippen molar-refractivity contribution in [3.8, 4) is 5.75 Å². The van der Waals surface area contributed by atoms with Gasteiger partial charge < -0.3 is 15.4 Å². The third-order valence-corrected chi connectivity index (χ3v) is 4.09. The first kappa shape index (κ1) is 15.1. The van der Waals surface area contributed by atoms with Gasteiger partial charge in [0.2, 0.25) is 0 Å². The third kappa shape index (κ3) is 5.00. The third-order valence-electron chi connectivity index (χ3n) is 3.83. The number of para-hydroxylation sites is 1. The SMILES string of the molecule is C[C@@H]1CCCC[C@@H]1NC(=S)NCCOc1ccccc1. The number of ether oxygens (including phenoxy) is 1.